The van der Waals surface area contributed by atoms with Crippen LogP contribution in [-0.4, -0.2) is 77.3 Å². The average molecular weight is 248 g/mol. The van der Waals surface area contributed by atoms with Gasteiger partial charge in [0.15, 0.2) is 6.10 Å². The van der Waals surface area contributed by atoms with Crippen molar-refractivity contribution in [2.75, 3.05) is 26.7 Å². The fourth-order valence-electron chi connectivity index (χ4n) is 1.50. The molecule has 0 aromatic heterocycles. The number of carbonyl (C=O) groups excluding carboxylic acids is 1. The number of nitrogens with one attached hydrogen (secondary N) is 1. The summed E-state index contributed by atoms with van der Waals surface area (Å²) in [6.07, 6.45) is -3.03. The lowest BCUT2D eigenvalue weighted by Crippen LogP contribution is -2.44. The number of β-amino-alcohol motifs (C(OH)–C–C–N with tert-alkyl or cyclic N) is 2. The van der Waals surface area contributed by atoms with Crippen molar-refractivity contribution in [2.45, 2.75) is 18.3 Å². The molecule has 2 amide bonds. The number of rotatable bonds is 4. The largest absolute Gasteiger partial charge is 0.479 e. The van der Waals surface area contributed by atoms with Crippen LogP contribution < -0.4 is 5.32 Å². The first-order valence-electron chi connectivity index (χ1n) is 5.10. The van der Waals surface area contributed by atoms with E-state index in [0.29, 0.717) is 0 Å². The van der Waals surface area contributed by atoms with Crippen molar-refractivity contribution in [2.24, 2.45) is 0 Å². The van der Waals surface area contributed by atoms with E-state index in [1.54, 1.807) is 0 Å². The summed E-state index contributed by atoms with van der Waals surface area (Å²) in [5.41, 5.74) is 0. The molecule has 1 rings (SSSR count). The molecule has 98 valence electrons. The van der Waals surface area contributed by atoms with Gasteiger partial charge in [-0.05, 0) is 0 Å². The molecule has 1 fully saturated rings. The third kappa shape index (κ3) is 3.55. The Hall–Kier alpha value is -1.38. The van der Waals surface area contributed by atoms with E-state index >= 15 is 0 Å². The van der Waals surface area contributed by atoms with Crippen molar-refractivity contribution in [3.05, 3.63) is 0 Å². The molecule has 4 N–H and O–H groups in total. The lowest BCUT2D eigenvalue weighted by atomic mass is 10.3. The Morgan fingerprint density at radius 2 is 1.94 bits per heavy atom. The smallest absolute Gasteiger partial charge is 0.334 e. The molecule has 3 unspecified atom stereocenters. The predicted octanol–water partition coefficient (Wildman–Crippen LogP) is -2.17. The number of aliphatic hydroxyl groups excluding tert-OH is 2. The zero-order valence-corrected chi connectivity index (χ0v) is 9.37. The number of aliphatic carboxylic acids is 1. The van der Waals surface area contributed by atoms with Crippen LogP contribution in [0.1, 0.15) is 0 Å². The highest BCUT2D eigenvalue weighted by Gasteiger charge is 2.32. The van der Waals surface area contributed by atoms with Crippen molar-refractivity contribution in [3.8, 4) is 0 Å². The third-order valence-electron chi connectivity index (χ3n) is 2.54. The van der Waals surface area contributed by atoms with Crippen molar-refractivity contribution >= 4 is 12.0 Å². The summed E-state index contributed by atoms with van der Waals surface area (Å²) >= 11 is 0. The van der Waals surface area contributed by atoms with Crippen LogP contribution >= 0.6 is 0 Å². The summed E-state index contributed by atoms with van der Waals surface area (Å²) in [6, 6.07) is -0.538. The Morgan fingerprint density at radius 1 is 1.41 bits per heavy atom. The van der Waals surface area contributed by atoms with Crippen molar-refractivity contribution in [3.63, 3.8) is 0 Å². The SMILES string of the molecule is COC(CNC(=O)N1CC(O)C(O)C1)C(=O)O. The molecule has 1 aliphatic heterocycles. The van der Waals surface area contributed by atoms with E-state index in [-0.39, 0.29) is 19.6 Å². The van der Waals surface area contributed by atoms with Crippen LogP contribution in [0.25, 0.3) is 0 Å². The summed E-state index contributed by atoms with van der Waals surface area (Å²) in [5.74, 6) is -1.17. The van der Waals surface area contributed by atoms with Gasteiger partial charge in [-0.25, -0.2) is 9.59 Å². The number of likely N-dealkylation sites (tertiary alicyclic amines) is 1. The fourth-order valence-corrected chi connectivity index (χ4v) is 1.50. The summed E-state index contributed by atoms with van der Waals surface area (Å²) in [4.78, 5) is 23.3. The van der Waals surface area contributed by atoms with Gasteiger partial charge in [0.25, 0.3) is 0 Å². The zero-order valence-electron chi connectivity index (χ0n) is 9.37. The number of urea groups is 1. The van der Waals surface area contributed by atoms with Crippen LogP contribution in [0.15, 0.2) is 0 Å². The monoisotopic (exact) mass is 248 g/mol. The van der Waals surface area contributed by atoms with E-state index in [1.807, 2.05) is 0 Å². The van der Waals surface area contributed by atoms with E-state index in [1.165, 1.54) is 12.0 Å². The highest BCUT2D eigenvalue weighted by Crippen LogP contribution is 2.09. The number of hydrogen-bond acceptors (Lipinski definition) is 5. The minimum absolute atomic E-state index is 0.0255. The highest BCUT2D eigenvalue weighted by atomic mass is 16.5. The third-order valence-corrected chi connectivity index (χ3v) is 2.54. The van der Waals surface area contributed by atoms with Crippen LogP contribution in [0.2, 0.25) is 0 Å². The molecule has 0 aromatic carbocycles. The first-order valence-corrected chi connectivity index (χ1v) is 5.10. The lowest BCUT2D eigenvalue weighted by molar-refractivity contribution is -0.148. The number of ether oxygens (including phenoxy) is 1. The van der Waals surface area contributed by atoms with E-state index < -0.39 is 30.3 Å². The molecule has 0 spiro atoms. The summed E-state index contributed by atoms with van der Waals surface area (Å²) < 4.78 is 4.64. The molecule has 1 heterocycles. The van der Waals surface area contributed by atoms with Crippen molar-refractivity contribution in [1.29, 1.82) is 0 Å². The number of aliphatic hydroxyl groups is 2. The maximum absolute atomic E-state index is 11.5. The predicted molar refractivity (Wildman–Crippen MR) is 55.4 cm³/mol. The Labute approximate surface area is 97.8 Å². The van der Waals surface area contributed by atoms with Crippen LogP contribution in [0.3, 0.4) is 0 Å². The minimum atomic E-state index is -1.17. The lowest BCUT2D eigenvalue weighted by Gasteiger charge is -2.18. The van der Waals surface area contributed by atoms with E-state index in [4.69, 9.17) is 5.11 Å². The van der Waals surface area contributed by atoms with Gasteiger partial charge in [-0.15, -0.1) is 0 Å². The van der Waals surface area contributed by atoms with Gasteiger partial charge in [-0.2, -0.15) is 0 Å². The molecular formula is C9H16N2O6. The quantitative estimate of drug-likeness (QED) is 0.449. The van der Waals surface area contributed by atoms with Crippen LogP contribution in [0.4, 0.5) is 4.79 Å². The van der Waals surface area contributed by atoms with Gasteiger partial charge < -0.3 is 30.3 Å². The molecule has 3 atom stereocenters. The van der Waals surface area contributed by atoms with Crippen LogP contribution in [0, 0.1) is 0 Å². The van der Waals surface area contributed by atoms with Gasteiger partial charge in [0.05, 0.1) is 31.8 Å². The molecule has 0 aromatic rings. The van der Waals surface area contributed by atoms with Gasteiger partial charge in [0.1, 0.15) is 0 Å². The average Bonchev–Trinajstić information content (AvgIpc) is 2.59. The highest BCUT2D eigenvalue weighted by molar-refractivity contribution is 5.77. The number of methoxy groups -OCH3 is 1. The maximum Gasteiger partial charge on any atom is 0.334 e. The maximum atomic E-state index is 11.5. The molecule has 17 heavy (non-hydrogen) atoms. The van der Waals surface area contributed by atoms with E-state index in [2.05, 4.69) is 10.1 Å². The fraction of sp³-hybridized carbons (Fsp3) is 0.778. The van der Waals surface area contributed by atoms with Gasteiger partial charge >= 0.3 is 12.0 Å². The summed E-state index contributed by atoms with van der Waals surface area (Å²) in [5, 5.41) is 29.5. The first kappa shape index (κ1) is 13.7. The van der Waals surface area contributed by atoms with Crippen LogP contribution in [-0.2, 0) is 9.53 Å². The Balaban J connectivity index is 2.37. The molecule has 1 saturated heterocycles. The van der Waals surface area contributed by atoms with E-state index in [9.17, 15) is 19.8 Å². The number of nitrogens with zero attached hydrogens (tertiary/aromatic N) is 1. The van der Waals surface area contributed by atoms with Crippen LogP contribution in [0.5, 0.6) is 0 Å². The normalized spacial score (nSPS) is 25.7. The second-order valence-electron chi connectivity index (χ2n) is 3.79. The Kier molecular flexibility index (Phi) is 4.67. The molecule has 0 aliphatic carbocycles. The molecule has 8 heteroatoms. The molecule has 0 saturated carbocycles. The molecule has 0 bridgehead atoms. The minimum Gasteiger partial charge on any atom is -0.479 e. The number of carboxylic acids is 1. The Bertz CT molecular complexity index is 287. The van der Waals surface area contributed by atoms with E-state index in [0.717, 1.165) is 0 Å². The van der Waals surface area contributed by atoms with Crippen molar-refractivity contribution in [1.82, 2.24) is 10.2 Å². The number of carboxylic acid groups (broad SMARTS) is 1. The topological polar surface area (TPSA) is 119 Å². The summed E-state index contributed by atoms with van der Waals surface area (Å²) in [7, 11) is 1.23. The van der Waals surface area contributed by atoms with Gasteiger partial charge in [-0.1, -0.05) is 0 Å². The first-order chi connectivity index (χ1) is 7.95. The second kappa shape index (κ2) is 5.80. The molecule has 1 aliphatic rings. The number of hydrogen-bond donors (Lipinski definition) is 4. The van der Waals surface area contributed by atoms with Gasteiger partial charge in [0.2, 0.25) is 0 Å². The van der Waals surface area contributed by atoms with Gasteiger partial charge in [-0.3, -0.25) is 0 Å². The number of carbonyl (C=O) groups is 2. The standard InChI is InChI=1S/C9H16N2O6/c1-17-7(8(14)15)2-10-9(16)11-3-5(12)6(13)4-11/h5-7,12-13H,2-4H2,1H3,(H,10,16)(H,14,15). The van der Waals surface area contributed by atoms with Crippen molar-refractivity contribution < 1.29 is 29.6 Å². The number of amides is 2. The zero-order chi connectivity index (χ0) is 13.0. The molecule has 8 nitrogen and oxygen atoms in total. The second-order valence-corrected chi connectivity index (χ2v) is 3.79. The summed E-state index contributed by atoms with van der Waals surface area (Å²) in [6.45, 7) is -0.122. The molecule has 0 radical (unpaired) electrons. The Morgan fingerprint density at radius 3 is 2.35 bits per heavy atom. The van der Waals surface area contributed by atoms with Gasteiger partial charge in [0, 0.05) is 7.11 Å². The molecular weight excluding hydrogens is 232 g/mol.